The Morgan fingerprint density at radius 1 is 1.62 bits per heavy atom. The Labute approximate surface area is 78.4 Å². The summed E-state index contributed by atoms with van der Waals surface area (Å²) in [5.74, 6) is 0.754. The highest BCUT2D eigenvalue weighted by Crippen LogP contribution is 2.30. The molecule has 0 aliphatic rings. The lowest BCUT2D eigenvalue weighted by Gasteiger charge is -1.99. The Bertz CT molecular complexity index is 454. The molecule has 0 bridgehead atoms. The number of halogens is 1. The van der Waals surface area contributed by atoms with Gasteiger partial charge in [0.2, 0.25) is 0 Å². The van der Waals surface area contributed by atoms with Crippen LogP contribution in [0.15, 0.2) is 10.6 Å². The molecule has 0 aromatic carbocycles. The third kappa shape index (κ3) is 1.17. The molecule has 5 nitrogen and oxygen atoms in total. The van der Waals surface area contributed by atoms with Gasteiger partial charge in [-0.15, -0.1) is 0 Å². The number of aromatic nitrogens is 2. The Kier molecular flexibility index (Phi) is 1.73. The number of hydrogen-bond acceptors (Lipinski definition) is 5. The topological polar surface area (TPSA) is 74.2 Å². The van der Waals surface area contributed by atoms with Crippen molar-refractivity contribution in [2.45, 2.75) is 0 Å². The van der Waals surface area contributed by atoms with Crippen molar-refractivity contribution in [3.8, 4) is 5.75 Å². The zero-order chi connectivity index (χ0) is 9.42. The zero-order valence-electron chi connectivity index (χ0n) is 6.74. The van der Waals surface area contributed by atoms with Crippen molar-refractivity contribution in [3.63, 3.8) is 0 Å². The second-order valence-corrected chi connectivity index (χ2v) is 2.78. The monoisotopic (exact) mass is 199 g/mol. The Morgan fingerprint density at radius 2 is 2.38 bits per heavy atom. The first-order chi connectivity index (χ1) is 6.22. The fraction of sp³-hybridized carbons (Fsp3) is 0.143. The summed E-state index contributed by atoms with van der Waals surface area (Å²) >= 11 is 5.69. The van der Waals surface area contributed by atoms with Gasteiger partial charge in [-0.25, -0.2) is 0 Å². The minimum absolute atomic E-state index is 0.246. The predicted molar refractivity (Wildman–Crippen MR) is 47.8 cm³/mol. The summed E-state index contributed by atoms with van der Waals surface area (Å²) in [5.41, 5.74) is 5.81. The van der Waals surface area contributed by atoms with E-state index < -0.39 is 0 Å². The van der Waals surface area contributed by atoms with Gasteiger partial charge >= 0.3 is 0 Å². The van der Waals surface area contributed by atoms with Gasteiger partial charge in [-0.05, 0) is 0 Å². The highest BCUT2D eigenvalue weighted by molar-refractivity contribution is 6.30. The fourth-order valence-corrected chi connectivity index (χ4v) is 1.25. The van der Waals surface area contributed by atoms with E-state index in [1.165, 1.54) is 7.11 Å². The smallest absolute Gasteiger partial charge is 0.265 e. The van der Waals surface area contributed by atoms with Crippen LogP contribution in [0.3, 0.4) is 0 Å². The van der Waals surface area contributed by atoms with Crippen LogP contribution in [0.1, 0.15) is 0 Å². The molecule has 0 spiro atoms. The van der Waals surface area contributed by atoms with E-state index in [4.69, 9.17) is 26.6 Å². The van der Waals surface area contributed by atoms with Gasteiger partial charge in [-0.2, -0.15) is 4.98 Å². The van der Waals surface area contributed by atoms with Crippen molar-refractivity contribution < 1.29 is 9.26 Å². The van der Waals surface area contributed by atoms with Crippen LogP contribution in [0.4, 0.5) is 5.82 Å². The number of fused-ring (bicyclic) bond motifs is 1. The van der Waals surface area contributed by atoms with Gasteiger partial charge < -0.3 is 15.0 Å². The maximum atomic E-state index is 5.69. The van der Waals surface area contributed by atoms with Crippen molar-refractivity contribution >= 4 is 28.5 Å². The normalized spacial score (nSPS) is 10.6. The Hall–Kier alpha value is -1.49. The highest BCUT2D eigenvalue weighted by Gasteiger charge is 2.13. The van der Waals surface area contributed by atoms with E-state index in [0.29, 0.717) is 11.1 Å². The third-order valence-corrected chi connectivity index (χ3v) is 1.82. The fourth-order valence-electron chi connectivity index (χ4n) is 1.07. The number of nitrogens with two attached hydrogens (primary N) is 1. The first-order valence-corrected chi connectivity index (χ1v) is 3.85. The standard InChI is InChI=1S/C7H6ClN3O2/c1-12-3-2-4(8)10-7-5(3)6(9)11-13-7/h2H,1H3,(H2,9,11). The number of hydrogen-bond donors (Lipinski definition) is 1. The van der Waals surface area contributed by atoms with E-state index in [-0.39, 0.29) is 16.7 Å². The average molecular weight is 200 g/mol. The minimum atomic E-state index is 0.246. The molecule has 0 atom stereocenters. The molecular formula is C7H6ClN3O2. The van der Waals surface area contributed by atoms with Gasteiger partial charge in [0, 0.05) is 6.07 Å². The molecule has 2 aromatic rings. The van der Waals surface area contributed by atoms with Gasteiger partial charge in [-0.3, -0.25) is 0 Å². The number of ether oxygens (including phenoxy) is 1. The average Bonchev–Trinajstić information content (AvgIpc) is 2.46. The van der Waals surface area contributed by atoms with Crippen LogP contribution in [0.2, 0.25) is 5.15 Å². The molecule has 0 aliphatic heterocycles. The number of pyridine rings is 1. The lowest BCUT2D eigenvalue weighted by atomic mass is 10.3. The number of nitrogens with zero attached hydrogens (tertiary/aromatic N) is 2. The second kappa shape index (κ2) is 2.77. The van der Waals surface area contributed by atoms with Gasteiger partial charge in [-0.1, -0.05) is 16.8 Å². The van der Waals surface area contributed by atoms with E-state index >= 15 is 0 Å². The van der Waals surface area contributed by atoms with Gasteiger partial charge in [0.1, 0.15) is 16.3 Å². The molecule has 0 saturated heterocycles. The SMILES string of the molecule is COc1cc(Cl)nc2onc(N)c12. The number of methoxy groups -OCH3 is 1. The van der Waals surface area contributed by atoms with Gasteiger partial charge in [0.05, 0.1) is 7.11 Å². The molecule has 2 aromatic heterocycles. The summed E-state index contributed by atoms with van der Waals surface area (Å²) in [6.07, 6.45) is 0. The van der Waals surface area contributed by atoms with Gasteiger partial charge in [0.25, 0.3) is 5.71 Å². The van der Waals surface area contributed by atoms with E-state index in [2.05, 4.69) is 10.1 Å². The van der Waals surface area contributed by atoms with Crippen LogP contribution in [0.25, 0.3) is 11.1 Å². The Morgan fingerprint density at radius 3 is 3.08 bits per heavy atom. The van der Waals surface area contributed by atoms with E-state index in [1.807, 2.05) is 0 Å². The van der Waals surface area contributed by atoms with Crippen LogP contribution in [-0.4, -0.2) is 17.3 Å². The number of rotatable bonds is 1. The molecule has 0 unspecified atom stereocenters. The van der Waals surface area contributed by atoms with Crippen LogP contribution >= 0.6 is 11.6 Å². The quantitative estimate of drug-likeness (QED) is 0.704. The molecule has 0 fully saturated rings. The maximum Gasteiger partial charge on any atom is 0.265 e. The van der Waals surface area contributed by atoms with Crippen molar-refractivity contribution in [1.82, 2.24) is 10.1 Å². The molecule has 0 saturated carbocycles. The summed E-state index contributed by atoms with van der Waals surface area (Å²) in [5, 5.41) is 4.37. The molecule has 0 amide bonds. The Balaban J connectivity index is 2.85. The van der Waals surface area contributed by atoms with Crippen LogP contribution in [-0.2, 0) is 0 Å². The maximum absolute atomic E-state index is 5.69. The molecule has 2 rings (SSSR count). The van der Waals surface area contributed by atoms with E-state index in [1.54, 1.807) is 6.07 Å². The summed E-state index contributed by atoms with van der Waals surface area (Å²) in [6.45, 7) is 0. The molecular weight excluding hydrogens is 194 g/mol. The van der Waals surface area contributed by atoms with Crippen LogP contribution in [0.5, 0.6) is 5.75 Å². The van der Waals surface area contributed by atoms with Crippen molar-refractivity contribution in [1.29, 1.82) is 0 Å². The second-order valence-electron chi connectivity index (χ2n) is 2.40. The third-order valence-electron chi connectivity index (χ3n) is 1.63. The lowest BCUT2D eigenvalue weighted by Crippen LogP contribution is -1.89. The summed E-state index contributed by atoms with van der Waals surface area (Å²) in [7, 11) is 1.51. The zero-order valence-corrected chi connectivity index (χ0v) is 7.50. The first kappa shape index (κ1) is 8.12. The largest absolute Gasteiger partial charge is 0.496 e. The van der Waals surface area contributed by atoms with Crippen LogP contribution < -0.4 is 10.5 Å². The molecule has 0 aliphatic carbocycles. The van der Waals surface area contributed by atoms with Gasteiger partial charge in [0.15, 0.2) is 5.82 Å². The summed E-state index contributed by atoms with van der Waals surface area (Å²) in [4.78, 5) is 3.88. The highest BCUT2D eigenvalue weighted by atomic mass is 35.5. The number of anilines is 1. The molecule has 13 heavy (non-hydrogen) atoms. The van der Waals surface area contributed by atoms with Crippen molar-refractivity contribution in [2.24, 2.45) is 0 Å². The molecule has 2 heterocycles. The lowest BCUT2D eigenvalue weighted by molar-refractivity contribution is 0.418. The minimum Gasteiger partial charge on any atom is -0.496 e. The summed E-state index contributed by atoms with van der Waals surface area (Å²) in [6, 6.07) is 1.55. The molecule has 68 valence electrons. The van der Waals surface area contributed by atoms with Crippen molar-refractivity contribution in [3.05, 3.63) is 11.2 Å². The van der Waals surface area contributed by atoms with E-state index in [9.17, 15) is 0 Å². The van der Waals surface area contributed by atoms with Crippen molar-refractivity contribution in [2.75, 3.05) is 12.8 Å². The predicted octanol–water partition coefficient (Wildman–Crippen LogP) is 1.47. The first-order valence-electron chi connectivity index (χ1n) is 3.47. The number of nitrogen functional groups attached to an aromatic ring is 1. The van der Waals surface area contributed by atoms with Crippen LogP contribution in [0, 0.1) is 0 Å². The summed E-state index contributed by atoms with van der Waals surface area (Å²) < 4.78 is 9.86. The molecule has 0 radical (unpaired) electrons. The van der Waals surface area contributed by atoms with E-state index in [0.717, 1.165) is 0 Å². The molecule has 6 heteroatoms. The molecule has 2 N–H and O–H groups in total.